The van der Waals surface area contributed by atoms with Gasteiger partial charge in [-0.1, -0.05) is 34.5 Å². The molecular formula is C12H9Cl2NO2S. The summed E-state index contributed by atoms with van der Waals surface area (Å²) in [6, 6.07) is 4.68. The molecule has 0 N–H and O–H groups in total. The summed E-state index contributed by atoms with van der Waals surface area (Å²) in [7, 11) is 0. The first-order valence-electron chi connectivity index (χ1n) is 5.12. The number of ketones is 1. The summed E-state index contributed by atoms with van der Waals surface area (Å²) in [5.41, 5.74) is 1.22. The van der Waals surface area contributed by atoms with Crippen LogP contribution in [0.3, 0.4) is 0 Å². The minimum Gasteiger partial charge on any atom is -0.296 e. The highest BCUT2D eigenvalue weighted by atomic mass is 35.5. The predicted octanol–water partition coefficient (Wildman–Crippen LogP) is 3.41. The van der Waals surface area contributed by atoms with Gasteiger partial charge in [-0.25, -0.2) is 0 Å². The molecule has 1 heterocycles. The van der Waals surface area contributed by atoms with Crippen LogP contribution in [0.15, 0.2) is 28.4 Å². The molecule has 3 nitrogen and oxygen atoms in total. The number of thiazole rings is 1. The van der Waals surface area contributed by atoms with Crippen molar-refractivity contribution in [1.82, 2.24) is 4.57 Å². The van der Waals surface area contributed by atoms with Crippen LogP contribution in [0.2, 0.25) is 10.0 Å². The number of aromatic nitrogens is 1. The summed E-state index contributed by atoms with van der Waals surface area (Å²) in [6.45, 7) is 1.81. The zero-order valence-electron chi connectivity index (χ0n) is 9.44. The van der Waals surface area contributed by atoms with E-state index in [1.165, 1.54) is 10.6 Å². The summed E-state index contributed by atoms with van der Waals surface area (Å²) in [5.74, 6) is -0.169. The number of carbonyl (C=O) groups is 1. The molecule has 0 saturated heterocycles. The van der Waals surface area contributed by atoms with E-state index in [0.717, 1.165) is 17.0 Å². The Kier molecular flexibility index (Phi) is 3.90. The second kappa shape index (κ2) is 5.26. The van der Waals surface area contributed by atoms with Crippen molar-refractivity contribution in [3.05, 3.63) is 54.5 Å². The standard InChI is InChI=1S/C12H9Cl2NO2S/c1-7-6-18-12(17)15(7)5-11(16)8-2-3-9(13)10(14)4-8/h2-4,6H,5H2,1H3. The highest BCUT2D eigenvalue weighted by Crippen LogP contribution is 2.23. The first-order valence-corrected chi connectivity index (χ1v) is 6.76. The number of hydrogen-bond acceptors (Lipinski definition) is 3. The van der Waals surface area contributed by atoms with E-state index in [2.05, 4.69) is 0 Å². The third kappa shape index (κ3) is 2.66. The van der Waals surface area contributed by atoms with Crippen molar-refractivity contribution in [1.29, 1.82) is 0 Å². The lowest BCUT2D eigenvalue weighted by Crippen LogP contribution is -2.20. The summed E-state index contributed by atoms with van der Waals surface area (Å²) >= 11 is 12.7. The maximum atomic E-state index is 12.0. The first kappa shape index (κ1) is 13.3. The number of nitrogens with zero attached hydrogens (tertiary/aromatic N) is 1. The van der Waals surface area contributed by atoms with E-state index in [0.29, 0.717) is 15.6 Å². The summed E-state index contributed by atoms with van der Waals surface area (Å²) in [5, 5.41) is 2.46. The second-order valence-corrected chi connectivity index (χ2v) is 5.42. The molecule has 0 aliphatic rings. The van der Waals surface area contributed by atoms with Crippen LogP contribution >= 0.6 is 34.5 Å². The Balaban J connectivity index is 2.27. The number of halogens is 2. The average Bonchev–Trinajstić information content (AvgIpc) is 2.64. The van der Waals surface area contributed by atoms with E-state index in [1.54, 1.807) is 24.4 Å². The molecular weight excluding hydrogens is 293 g/mol. The Morgan fingerprint density at radius 2 is 2.06 bits per heavy atom. The third-order valence-electron chi connectivity index (χ3n) is 2.52. The van der Waals surface area contributed by atoms with Crippen LogP contribution in [0.4, 0.5) is 0 Å². The van der Waals surface area contributed by atoms with Crippen LogP contribution in [-0.2, 0) is 6.54 Å². The van der Waals surface area contributed by atoms with E-state index in [9.17, 15) is 9.59 Å². The van der Waals surface area contributed by atoms with Crippen LogP contribution in [0.5, 0.6) is 0 Å². The van der Waals surface area contributed by atoms with Crippen LogP contribution in [-0.4, -0.2) is 10.4 Å². The van der Waals surface area contributed by atoms with Gasteiger partial charge in [-0.2, -0.15) is 0 Å². The minimum atomic E-state index is -0.169. The van der Waals surface area contributed by atoms with Gasteiger partial charge in [0, 0.05) is 16.6 Å². The van der Waals surface area contributed by atoms with Gasteiger partial charge in [0.05, 0.1) is 16.6 Å². The van der Waals surface area contributed by atoms with E-state index >= 15 is 0 Å². The fourth-order valence-electron chi connectivity index (χ4n) is 1.50. The Morgan fingerprint density at radius 3 is 2.61 bits per heavy atom. The minimum absolute atomic E-state index is 0.0200. The van der Waals surface area contributed by atoms with Crippen LogP contribution < -0.4 is 4.87 Å². The fraction of sp³-hybridized carbons (Fsp3) is 0.167. The molecule has 0 spiro atoms. The number of rotatable bonds is 3. The van der Waals surface area contributed by atoms with E-state index in [4.69, 9.17) is 23.2 Å². The Hall–Kier alpha value is -1.10. The molecule has 0 aliphatic carbocycles. The quantitative estimate of drug-likeness (QED) is 0.815. The molecule has 0 bridgehead atoms. The number of carbonyl (C=O) groups excluding carboxylic acids is 1. The Bertz CT molecular complexity index is 660. The summed E-state index contributed by atoms with van der Waals surface area (Å²) in [4.78, 5) is 23.4. The van der Waals surface area contributed by atoms with Crippen molar-refractivity contribution in [3.63, 3.8) is 0 Å². The van der Waals surface area contributed by atoms with Crippen molar-refractivity contribution in [2.24, 2.45) is 0 Å². The van der Waals surface area contributed by atoms with Gasteiger partial charge in [0.1, 0.15) is 0 Å². The van der Waals surface area contributed by atoms with Crippen molar-refractivity contribution in [3.8, 4) is 0 Å². The maximum absolute atomic E-state index is 12.0. The van der Waals surface area contributed by atoms with Crippen LogP contribution in [0, 0.1) is 6.92 Å². The normalized spacial score (nSPS) is 10.6. The predicted molar refractivity (Wildman–Crippen MR) is 74.1 cm³/mol. The molecule has 94 valence electrons. The molecule has 0 unspecified atom stereocenters. The topological polar surface area (TPSA) is 39.1 Å². The maximum Gasteiger partial charge on any atom is 0.307 e. The SMILES string of the molecule is Cc1csc(=O)n1CC(=O)c1ccc(Cl)c(Cl)c1. The van der Waals surface area contributed by atoms with Gasteiger partial charge in [-0.05, 0) is 25.1 Å². The molecule has 0 aliphatic heterocycles. The molecule has 0 saturated carbocycles. The second-order valence-electron chi connectivity index (χ2n) is 3.78. The van der Waals surface area contributed by atoms with E-state index in [-0.39, 0.29) is 17.2 Å². The first-order chi connectivity index (χ1) is 8.49. The highest BCUT2D eigenvalue weighted by molar-refractivity contribution is 7.07. The molecule has 1 aromatic heterocycles. The molecule has 0 fully saturated rings. The van der Waals surface area contributed by atoms with Gasteiger partial charge >= 0.3 is 4.87 Å². The van der Waals surface area contributed by atoms with E-state index < -0.39 is 0 Å². The zero-order valence-corrected chi connectivity index (χ0v) is 11.8. The van der Waals surface area contributed by atoms with E-state index in [1.807, 2.05) is 0 Å². The monoisotopic (exact) mass is 301 g/mol. The summed E-state index contributed by atoms with van der Waals surface area (Å²) < 4.78 is 1.44. The lowest BCUT2D eigenvalue weighted by molar-refractivity contribution is 0.0970. The van der Waals surface area contributed by atoms with Crippen molar-refractivity contribution < 1.29 is 4.79 Å². The van der Waals surface area contributed by atoms with Gasteiger partial charge < -0.3 is 0 Å². The Morgan fingerprint density at radius 1 is 1.33 bits per heavy atom. The van der Waals surface area contributed by atoms with Gasteiger partial charge in [0.15, 0.2) is 5.78 Å². The molecule has 0 amide bonds. The molecule has 0 radical (unpaired) electrons. The van der Waals surface area contributed by atoms with Crippen molar-refractivity contribution in [2.75, 3.05) is 0 Å². The van der Waals surface area contributed by atoms with Gasteiger partial charge in [-0.15, -0.1) is 0 Å². The lowest BCUT2D eigenvalue weighted by Gasteiger charge is -2.05. The van der Waals surface area contributed by atoms with Crippen molar-refractivity contribution in [2.45, 2.75) is 13.5 Å². The number of Topliss-reactive ketones (excluding diaryl/α,β-unsaturated/α-hetero) is 1. The van der Waals surface area contributed by atoms with Crippen LogP contribution in [0.1, 0.15) is 16.1 Å². The van der Waals surface area contributed by atoms with Crippen molar-refractivity contribution >= 4 is 40.3 Å². The zero-order chi connectivity index (χ0) is 13.3. The van der Waals surface area contributed by atoms with Gasteiger partial charge in [-0.3, -0.25) is 14.2 Å². The molecule has 2 rings (SSSR count). The molecule has 18 heavy (non-hydrogen) atoms. The number of aryl methyl sites for hydroxylation is 1. The molecule has 6 heteroatoms. The fourth-order valence-corrected chi connectivity index (χ4v) is 2.53. The number of hydrogen-bond donors (Lipinski definition) is 0. The smallest absolute Gasteiger partial charge is 0.296 e. The van der Waals surface area contributed by atoms with Gasteiger partial charge in [0.2, 0.25) is 0 Å². The average molecular weight is 302 g/mol. The number of benzene rings is 1. The third-order valence-corrected chi connectivity index (χ3v) is 4.14. The molecule has 2 aromatic rings. The van der Waals surface area contributed by atoms with Crippen LogP contribution in [0.25, 0.3) is 0 Å². The Labute approximate surface area is 118 Å². The van der Waals surface area contributed by atoms with Gasteiger partial charge in [0.25, 0.3) is 0 Å². The lowest BCUT2D eigenvalue weighted by atomic mass is 10.1. The molecule has 0 atom stereocenters. The molecule has 1 aromatic carbocycles. The largest absolute Gasteiger partial charge is 0.307 e. The summed E-state index contributed by atoms with van der Waals surface area (Å²) in [6.07, 6.45) is 0. The highest BCUT2D eigenvalue weighted by Gasteiger charge is 2.12.